The predicted octanol–water partition coefficient (Wildman–Crippen LogP) is 4.79. The van der Waals surface area contributed by atoms with Crippen molar-refractivity contribution in [2.45, 2.75) is 51.4 Å². The monoisotopic (exact) mass is 690 g/mol. The number of carbonyl (C=O) groups excluding carboxylic acids is 2. The molecular formula is C34H36F2N8O4S. The molecule has 0 unspecified atom stereocenters. The van der Waals surface area contributed by atoms with Crippen LogP contribution in [0.15, 0.2) is 64.9 Å². The lowest BCUT2D eigenvalue weighted by molar-refractivity contribution is 0.0341. The summed E-state index contributed by atoms with van der Waals surface area (Å²) < 4.78 is 40.7. The smallest absolute Gasteiger partial charge is 0.339 e. The van der Waals surface area contributed by atoms with Gasteiger partial charge in [-0.25, -0.2) is 23.8 Å². The number of nitrogens with one attached hydrogen (secondary N) is 1. The van der Waals surface area contributed by atoms with Gasteiger partial charge >= 0.3 is 5.97 Å². The number of hydrogen-bond acceptors (Lipinski definition) is 11. The minimum atomic E-state index is -0.914. The van der Waals surface area contributed by atoms with Crippen LogP contribution in [0.2, 0.25) is 0 Å². The zero-order valence-electron chi connectivity index (χ0n) is 26.7. The van der Waals surface area contributed by atoms with Crippen LogP contribution in [0, 0.1) is 11.8 Å². The average Bonchev–Trinajstić information content (AvgIpc) is 3.82. The molecule has 1 saturated carbocycles. The molecule has 2 aliphatic rings. The molecule has 4 aromatic rings. The van der Waals surface area contributed by atoms with Gasteiger partial charge in [0.05, 0.1) is 42.4 Å². The van der Waals surface area contributed by atoms with Crippen molar-refractivity contribution in [2.24, 2.45) is 10.7 Å². The molecule has 49 heavy (non-hydrogen) atoms. The Bertz CT molecular complexity index is 1830. The highest BCUT2D eigenvalue weighted by Gasteiger charge is 2.20. The number of benzene rings is 1. The van der Waals surface area contributed by atoms with Gasteiger partial charge in [0.25, 0.3) is 5.91 Å². The Balaban J connectivity index is 1.08. The van der Waals surface area contributed by atoms with Crippen LogP contribution in [0.3, 0.4) is 0 Å². The predicted molar refractivity (Wildman–Crippen MR) is 179 cm³/mol. The highest BCUT2D eigenvalue weighted by atomic mass is 32.1. The Morgan fingerprint density at radius 3 is 2.63 bits per heavy atom. The zero-order chi connectivity index (χ0) is 34.2. The Kier molecular flexibility index (Phi) is 11.1. The van der Waals surface area contributed by atoms with E-state index >= 15 is 0 Å². The lowest BCUT2D eigenvalue weighted by Crippen LogP contribution is -2.35. The van der Waals surface area contributed by atoms with Gasteiger partial charge in [0.2, 0.25) is 5.95 Å². The van der Waals surface area contributed by atoms with Crippen LogP contribution >= 0.6 is 11.3 Å². The molecule has 0 spiro atoms. The van der Waals surface area contributed by atoms with Gasteiger partial charge in [-0.1, -0.05) is 31.4 Å². The van der Waals surface area contributed by atoms with E-state index in [9.17, 15) is 18.4 Å². The standard InChI is InChI=1S/C34H36F2N8O4S/c35-26-10-11-29(36)42-31(26)30(37)27(17-38-25-4-2-1-3-5-25)40-32(45)28-20-49-33(41-28)24-16-39-44(19-24)21-48-34(46)23-8-6-22(7-9-23)18-43-12-14-47-15-13-43/h6-11,16-17,19-20,25H,1-5,12-15,18,21,37H2,(H,40,45)/b30-27+,38-17?. The maximum Gasteiger partial charge on any atom is 0.339 e. The van der Waals surface area contributed by atoms with E-state index in [-0.39, 0.29) is 29.9 Å². The van der Waals surface area contributed by atoms with Crippen molar-refractivity contribution in [3.63, 3.8) is 0 Å². The average molecular weight is 691 g/mol. The van der Waals surface area contributed by atoms with Crippen molar-refractivity contribution in [3.8, 4) is 10.6 Å². The van der Waals surface area contributed by atoms with Crippen molar-refractivity contribution in [2.75, 3.05) is 26.3 Å². The van der Waals surface area contributed by atoms with E-state index in [0.717, 1.165) is 82.6 Å². The van der Waals surface area contributed by atoms with Crippen LogP contribution in [0.25, 0.3) is 16.3 Å². The summed E-state index contributed by atoms with van der Waals surface area (Å²) in [7, 11) is 0. The van der Waals surface area contributed by atoms with Crippen molar-refractivity contribution < 1.29 is 27.8 Å². The van der Waals surface area contributed by atoms with Gasteiger partial charge in [0.15, 0.2) is 12.5 Å². The molecule has 3 aromatic heterocycles. The molecule has 6 rings (SSSR count). The normalized spacial score (nSPS) is 16.4. The Morgan fingerprint density at radius 1 is 1.08 bits per heavy atom. The van der Waals surface area contributed by atoms with Crippen molar-refractivity contribution >= 4 is 35.1 Å². The summed E-state index contributed by atoms with van der Waals surface area (Å²) in [6.07, 6.45) is 9.55. The molecule has 256 valence electrons. The molecule has 1 aromatic carbocycles. The topological polar surface area (TPSA) is 150 Å². The first-order chi connectivity index (χ1) is 23.8. The third kappa shape index (κ3) is 8.99. The van der Waals surface area contributed by atoms with Crippen LogP contribution < -0.4 is 11.1 Å². The number of morpholine rings is 1. The number of halogens is 2. The minimum absolute atomic E-state index is 0.0106. The summed E-state index contributed by atoms with van der Waals surface area (Å²) in [4.78, 5) is 40.8. The molecule has 0 atom stereocenters. The Labute approximate surface area is 285 Å². The SMILES string of the molecule is N/C(=C(\C=NC1CCCCC1)NC(=O)c1csc(-c2cnn(COC(=O)c3ccc(CN4CCOCC4)cc3)c2)n1)c1nc(F)ccc1F. The number of carbonyl (C=O) groups is 2. The number of amides is 1. The molecular weight excluding hydrogens is 654 g/mol. The number of pyridine rings is 1. The van der Waals surface area contributed by atoms with E-state index in [2.05, 4.69) is 30.3 Å². The maximum atomic E-state index is 14.5. The van der Waals surface area contributed by atoms with Crippen LogP contribution in [-0.4, -0.2) is 75.1 Å². The number of rotatable bonds is 11. The van der Waals surface area contributed by atoms with Gasteiger partial charge in [0.1, 0.15) is 16.4 Å². The number of nitrogens with two attached hydrogens (primary N) is 1. The molecule has 15 heteroatoms. The number of ether oxygens (including phenoxy) is 2. The lowest BCUT2D eigenvalue weighted by atomic mass is 9.96. The van der Waals surface area contributed by atoms with E-state index in [4.69, 9.17) is 15.2 Å². The summed E-state index contributed by atoms with van der Waals surface area (Å²) >= 11 is 1.21. The number of aliphatic imine (C=N–C) groups is 1. The summed E-state index contributed by atoms with van der Waals surface area (Å²) in [6, 6.07) is 9.16. The van der Waals surface area contributed by atoms with E-state index < -0.39 is 29.3 Å². The van der Waals surface area contributed by atoms with Crippen LogP contribution in [0.1, 0.15) is 64.2 Å². The second kappa shape index (κ2) is 16.0. The molecule has 12 nitrogen and oxygen atoms in total. The fraction of sp³-hybridized carbons (Fsp3) is 0.353. The largest absolute Gasteiger partial charge is 0.439 e. The molecule has 3 N–H and O–H groups in total. The second-order valence-electron chi connectivity index (χ2n) is 11.8. The number of hydrogen-bond donors (Lipinski definition) is 2. The van der Waals surface area contributed by atoms with Crippen molar-refractivity contribution in [3.05, 3.63) is 94.1 Å². The van der Waals surface area contributed by atoms with Gasteiger partial charge in [0, 0.05) is 43.0 Å². The molecule has 4 heterocycles. The molecule has 0 radical (unpaired) electrons. The Hall–Kier alpha value is -4.86. The lowest BCUT2D eigenvalue weighted by Gasteiger charge is -2.26. The van der Waals surface area contributed by atoms with Gasteiger partial charge in [-0.3, -0.25) is 14.7 Å². The highest BCUT2D eigenvalue weighted by Crippen LogP contribution is 2.24. The highest BCUT2D eigenvalue weighted by molar-refractivity contribution is 7.13. The number of esters is 1. The first-order valence-corrected chi connectivity index (χ1v) is 16.9. The third-order valence-electron chi connectivity index (χ3n) is 8.24. The summed E-state index contributed by atoms with van der Waals surface area (Å²) in [6.45, 7) is 3.89. The van der Waals surface area contributed by atoms with Gasteiger partial charge < -0.3 is 20.5 Å². The molecule has 1 aliphatic heterocycles. The molecule has 0 bridgehead atoms. The molecule has 2 fully saturated rings. The maximum absolute atomic E-state index is 14.5. The van der Waals surface area contributed by atoms with Gasteiger partial charge in [-0.15, -0.1) is 11.3 Å². The van der Waals surface area contributed by atoms with Crippen molar-refractivity contribution in [1.82, 2.24) is 30.0 Å². The number of aromatic nitrogens is 4. The van der Waals surface area contributed by atoms with Crippen molar-refractivity contribution in [1.29, 1.82) is 0 Å². The van der Waals surface area contributed by atoms with Gasteiger partial charge in [-0.05, 0) is 42.7 Å². The summed E-state index contributed by atoms with van der Waals surface area (Å²) in [5.74, 6) is -2.86. The number of nitrogens with zero attached hydrogens (tertiary/aromatic N) is 6. The zero-order valence-corrected chi connectivity index (χ0v) is 27.5. The van der Waals surface area contributed by atoms with Gasteiger partial charge in [-0.2, -0.15) is 9.49 Å². The summed E-state index contributed by atoms with van der Waals surface area (Å²) in [5.41, 5.74) is 7.72. The van der Waals surface area contributed by atoms with E-state index in [1.54, 1.807) is 29.9 Å². The molecule has 1 amide bonds. The molecule has 1 saturated heterocycles. The number of thiazole rings is 1. The van der Waals surface area contributed by atoms with E-state index in [0.29, 0.717) is 16.1 Å². The second-order valence-corrected chi connectivity index (χ2v) is 12.6. The Morgan fingerprint density at radius 2 is 1.86 bits per heavy atom. The fourth-order valence-corrected chi connectivity index (χ4v) is 6.30. The first kappa shape index (κ1) is 34.0. The first-order valence-electron chi connectivity index (χ1n) is 16.0. The van der Waals surface area contributed by atoms with Crippen LogP contribution in [-0.2, 0) is 22.7 Å². The van der Waals surface area contributed by atoms with E-state index in [1.165, 1.54) is 22.2 Å². The number of allylic oxidation sites excluding steroid dienone is 1. The fourth-order valence-electron chi connectivity index (χ4n) is 5.53. The van der Waals surface area contributed by atoms with Crippen LogP contribution in [0.5, 0.6) is 0 Å². The van der Waals surface area contributed by atoms with Crippen LogP contribution in [0.4, 0.5) is 8.78 Å². The summed E-state index contributed by atoms with van der Waals surface area (Å²) in [5, 5.41) is 8.96. The molecule has 1 aliphatic carbocycles. The minimum Gasteiger partial charge on any atom is -0.439 e. The quantitative estimate of drug-likeness (QED) is 0.129. The van der Waals surface area contributed by atoms with E-state index in [1.807, 2.05) is 12.1 Å². The third-order valence-corrected chi connectivity index (χ3v) is 9.13.